The van der Waals surface area contributed by atoms with Crippen LogP contribution in [0.1, 0.15) is 37.0 Å². The zero-order chi connectivity index (χ0) is 15.2. The summed E-state index contributed by atoms with van der Waals surface area (Å²) < 4.78 is 5.04. The van der Waals surface area contributed by atoms with Crippen LogP contribution in [0.15, 0.2) is 18.2 Å². The summed E-state index contributed by atoms with van der Waals surface area (Å²) in [4.78, 5) is 12.1. The first-order valence-electron chi connectivity index (χ1n) is 6.66. The Morgan fingerprint density at radius 2 is 2.10 bits per heavy atom. The van der Waals surface area contributed by atoms with E-state index in [2.05, 4.69) is 5.32 Å². The second kappa shape index (κ2) is 7.14. The molecule has 0 heterocycles. The van der Waals surface area contributed by atoms with Crippen LogP contribution in [0, 0.1) is 5.41 Å². The number of phenolic OH excluding ortho intramolecular Hbond substituents is 1. The van der Waals surface area contributed by atoms with Crippen LogP contribution in [0.25, 0.3) is 0 Å². The van der Waals surface area contributed by atoms with E-state index in [4.69, 9.17) is 9.84 Å². The van der Waals surface area contributed by atoms with Gasteiger partial charge in [-0.15, -0.1) is 0 Å². The number of carbonyl (C=O) groups excluding carboxylic acids is 1. The summed E-state index contributed by atoms with van der Waals surface area (Å²) in [6.07, 6.45) is 1.52. The number of nitrogens with one attached hydrogen (secondary N) is 1. The molecule has 20 heavy (non-hydrogen) atoms. The molecule has 1 aromatic carbocycles. The largest absolute Gasteiger partial charge is 0.507 e. The standard InChI is InChI=1S/C15H23NO4/c1-15(2,7-4-8-17)10-16-14(19)12-9-11(20-3)5-6-13(12)18/h5-6,9,17-18H,4,7-8,10H2,1-3H3,(H,16,19). The molecule has 0 aromatic heterocycles. The molecule has 5 heteroatoms. The van der Waals surface area contributed by atoms with Crippen molar-refractivity contribution in [2.24, 2.45) is 5.41 Å². The van der Waals surface area contributed by atoms with Crippen molar-refractivity contribution in [1.82, 2.24) is 5.32 Å². The minimum absolute atomic E-state index is 0.0727. The van der Waals surface area contributed by atoms with Gasteiger partial charge in [-0.2, -0.15) is 0 Å². The Balaban J connectivity index is 2.67. The predicted octanol–water partition coefficient (Wildman–Crippen LogP) is 1.93. The second-order valence-electron chi connectivity index (χ2n) is 5.56. The Morgan fingerprint density at radius 1 is 1.40 bits per heavy atom. The van der Waals surface area contributed by atoms with Crippen molar-refractivity contribution < 1.29 is 19.7 Å². The van der Waals surface area contributed by atoms with E-state index >= 15 is 0 Å². The van der Waals surface area contributed by atoms with Gasteiger partial charge >= 0.3 is 0 Å². The van der Waals surface area contributed by atoms with E-state index in [1.807, 2.05) is 13.8 Å². The molecule has 1 amide bonds. The highest BCUT2D eigenvalue weighted by Gasteiger charge is 2.20. The molecule has 0 bridgehead atoms. The Hall–Kier alpha value is -1.75. The topological polar surface area (TPSA) is 78.8 Å². The summed E-state index contributed by atoms with van der Waals surface area (Å²) in [6.45, 7) is 4.67. The molecule has 0 saturated carbocycles. The minimum Gasteiger partial charge on any atom is -0.507 e. The third kappa shape index (κ3) is 4.74. The van der Waals surface area contributed by atoms with Crippen molar-refractivity contribution >= 4 is 5.91 Å². The van der Waals surface area contributed by atoms with Crippen LogP contribution in [0.4, 0.5) is 0 Å². The number of aliphatic hydroxyl groups is 1. The highest BCUT2D eigenvalue weighted by Crippen LogP contribution is 2.24. The van der Waals surface area contributed by atoms with E-state index in [0.29, 0.717) is 18.7 Å². The van der Waals surface area contributed by atoms with E-state index in [1.165, 1.54) is 19.2 Å². The Kier molecular flexibility index (Phi) is 5.82. The lowest BCUT2D eigenvalue weighted by Crippen LogP contribution is -2.34. The van der Waals surface area contributed by atoms with Crippen LogP contribution >= 0.6 is 0 Å². The summed E-state index contributed by atoms with van der Waals surface area (Å²) in [7, 11) is 1.51. The van der Waals surface area contributed by atoms with Gasteiger partial charge < -0.3 is 20.3 Å². The van der Waals surface area contributed by atoms with Crippen molar-refractivity contribution in [2.45, 2.75) is 26.7 Å². The normalized spacial score (nSPS) is 11.2. The highest BCUT2D eigenvalue weighted by molar-refractivity contribution is 5.97. The molecule has 0 atom stereocenters. The molecule has 0 fully saturated rings. The van der Waals surface area contributed by atoms with Gasteiger partial charge in [-0.25, -0.2) is 0 Å². The third-order valence-electron chi connectivity index (χ3n) is 3.19. The van der Waals surface area contributed by atoms with Crippen LogP contribution in [0.5, 0.6) is 11.5 Å². The number of aromatic hydroxyl groups is 1. The van der Waals surface area contributed by atoms with Gasteiger partial charge in [0, 0.05) is 13.2 Å². The van der Waals surface area contributed by atoms with Crippen molar-refractivity contribution in [2.75, 3.05) is 20.3 Å². The fourth-order valence-electron chi connectivity index (χ4n) is 1.88. The Labute approximate surface area is 119 Å². The summed E-state index contributed by atoms with van der Waals surface area (Å²) in [6, 6.07) is 4.54. The van der Waals surface area contributed by atoms with Crippen LogP contribution in [-0.2, 0) is 0 Å². The monoisotopic (exact) mass is 281 g/mol. The SMILES string of the molecule is COc1ccc(O)c(C(=O)NCC(C)(C)CCCO)c1. The molecular weight excluding hydrogens is 258 g/mol. The summed E-state index contributed by atoms with van der Waals surface area (Å²) in [5.41, 5.74) is 0.0923. The van der Waals surface area contributed by atoms with Gasteiger partial charge in [-0.3, -0.25) is 4.79 Å². The lowest BCUT2D eigenvalue weighted by atomic mass is 9.88. The lowest BCUT2D eigenvalue weighted by molar-refractivity contribution is 0.0930. The average molecular weight is 281 g/mol. The van der Waals surface area contributed by atoms with Gasteiger partial charge in [0.25, 0.3) is 5.91 Å². The Bertz CT molecular complexity index is 457. The van der Waals surface area contributed by atoms with Crippen molar-refractivity contribution in [3.8, 4) is 11.5 Å². The average Bonchev–Trinajstić information content (AvgIpc) is 2.43. The Morgan fingerprint density at radius 3 is 2.70 bits per heavy atom. The number of benzene rings is 1. The minimum atomic E-state index is -0.335. The van der Waals surface area contributed by atoms with E-state index in [1.54, 1.807) is 6.07 Å². The van der Waals surface area contributed by atoms with Crippen molar-refractivity contribution in [3.05, 3.63) is 23.8 Å². The first-order valence-corrected chi connectivity index (χ1v) is 6.66. The van der Waals surface area contributed by atoms with Crippen LogP contribution in [-0.4, -0.2) is 36.4 Å². The first kappa shape index (κ1) is 16.3. The van der Waals surface area contributed by atoms with Gasteiger partial charge in [-0.1, -0.05) is 13.8 Å². The maximum Gasteiger partial charge on any atom is 0.255 e. The number of amides is 1. The first-order chi connectivity index (χ1) is 9.39. The maximum atomic E-state index is 12.1. The zero-order valence-electron chi connectivity index (χ0n) is 12.3. The molecule has 0 aliphatic rings. The molecule has 5 nitrogen and oxygen atoms in total. The molecular formula is C15H23NO4. The van der Waals surface area contributed by atoms with Gasteiger partial charge in [0.1, 0.15) is 11.5 Å². The number of rotatable bonds is 7. The van der Waals surface area contributed by atoms with E-state index in [0.717, 1.165) is 6.42 Å². The third-order valence-corrected chi connectivity index (χ3v) is 3.19. The van der Waals surface area contributed by atoms with Gasteiger partial charge in [0.2, 0.25) is 0 Å². The molecule has 0 saturated heterocycles. The summed E-state index contributed by atoms with van der Waals surface area (Å²) in [5, 5.41) is 21.4. The number of ether oxygens (including phenoxy) is 1. The van der Waals surface area contributed by atoms with Crippen LogP contribution in [0.2, 0.25) is 0 Å². The number of methoxy groups -OCH3 is 1. The van der Waals surface area contributed by atoms with Crippen molar-refractivity contribution in [3.63, 3.8) is 0 Å². The smallest absolute Gasteiger partial charge is 0.255 e. The van der Waals surface area contributed by atoms with Gasteiger partial charge in [-0.05, 0) is 36.5 Å². The zero-order valence-corrected chi connectivity index (χ0v) is 12.3. The molecule has 0 aliphatic heterocycles. The second-order valence-corrected chi connectivity index (χ2v) is 5.56. The van der Waals surface area contributed by atoms with Crippen LogP contribution in [0.3, 0.4) is 0 Å². The predicted molar refractivity (Wildman–Crippen MR) is 77.1 cm³/mol. The number of phenols is 1. The summed E-state index contributed by atoms with van der Waals surface area (Å²) >= 11 is 0. The number of hydrogen-bond acceptors (Lipinski definition) is 4. The highest BCUT2D eigenvalue weighted by atomic mass is 16.5. The van der Waals surface area contributed by atoms with Crippen molar-refractivity contribution in [1.29, 1.82) is 0 Å². The maximum absolute atomic E-state index is 12.1. The van der Waals surface area contributed by atoms with Gasteiger partial charge in [0.05, 0.1) is 12.7 Å². The lowest BCUT2D eigenvalue weighted by Gasteiger charge is -2.24. The molecule has 3 N–H and O–H groups in total. The summed E-state index contributed by atoms with van der Waals surface area (Å²) in [5.74, 6) is 0.113. The van der Waals surface area contributed by atoms with Crippen LogP contribution < -0.4 is 10.1 Å². The molecule has 0 unspecified atom stereocenters. The quantitative estimate of drug-likeness (QED) is 0.713. The fourth-order valence-corrected chi connectivity index (χ4v) is 1.88. The van der Waals surface area contributed by atoms with Gasteiger partial charge in [0.15, 0.2) is 0 Å². The molecule has 1 aromatic rings. The molecule has 0 radical (unpaired) electrons. The number of carbonyl (C=O) groups is 1. The fraction of sp³-hybridized carbons (Fsp3) is 0.533. The molecule has 0 aliphatic carbocycles. The number of hydrogen-bond donors (Lipinski definition) is 3. The van der Waals surface area contributed by atoms with E-state index in [9.17, 15) is 9.90 Å². The number of aliphatic hydroxyl groups excluding tert-OH is 1. The molecule has 0 spiro atoms. The molecule has 112 valence electrons. The molecule has 1 rings (SSSR count). The van der Waals surface area contributed by atoms with E-state index in [-0.39, 0.29) is 29.2 Å². The van der Waals surface area contributed by atoms with E-state index < -0.39 is 0 Å².